The largest absolute Gasteiger partial charge is 0.495 e. The predicted molar refractivity (Wildman–Crippen MR) is 97.0 cm³/mol. The van der Waals surface area contributed by atoms with Crippen LogP contribution in [0.15, 0.2) is 36.4 Å². The van der Waals surface area contributed by atoms with E-state index >= 15 is 0 Å². The molecule has 0 aliphatic carbocycles. The van der Waals surface area contributed by atoms with E-state index in [9.17, 15) is 4.79 Å². The lowest BCUT2D eigenvalue weighted by Crippen LogP contribution is -2.32. The van der Waals surface area contributed by atoms with E-state index in [1.807, 2.05) is 64.1 Å². The maximum atomic E-state index is 12.6. The number of ether oxygens (including phenoxy) is 2. The van der Waals surface area contributed by atoms with Crippen LogP contribution >= 0.6 is 0 Å². The van der Waals surface area contributed by atoms with Crippen LogP contribution < -0.4 is 14.8 Å². The molecular formula is C20H25NO3. The van der Waals surface area contributed by atoms with E-state index in [0.29, 0.717) is 17.9 Å². The molecule has 0 aliphatic rings. The van der Waals surface area contributed by atoms with Gasteiger partial charge in [-0.3, -0.25) is 4.79 Å². The number of anilines is 1. The van der Waals surface area contributed by atoms with E-state index in [4.69, 9.17) is 9.47 Å². The summed E-state index contributed by atoms with van der Waals surface area (Å²) in [6, 6.07) is 11.6. The Labute approximate surface area is 143 Å². The molecule has 0 bridgehead atoms. The number of carbonyl (C=O) groups is 1. The molecule has 2 aromatic rings. The Morgan fingerprint density at radius 1 is 1.04 bits per heavy atom. The van der Waals surface area contributed by atoms with Gasteiger partial charge in [-0.2, -0.15) is 0 Å². The Morgan fingerprint density at radius 2 is 1.67 bits per heavy atom. The zero-order valence-corrected chi connectivity index (χ0v) is 15.0. The number of carbonyl (C=O) groups excluding carboxylic acids is 1. The van der Waals surface area contributed by atoms with Crippen LogP contribution in [-0.2, 0) is 4.79 Å². The summed E-state index contributed by atoms with van der Waals surface area (Å²) in [5, 5.41) is 2.92. The lowest BCUT2D eigenvalue weighted by atomic mass is 10.1. The number of amides is 1. The summed E-state index contributed by atoms with van der Waals surface area (Å²) in [6.45, 7) is 7.92. The van der Waals surface area contributed by atoms with Crippen molar-refractivity contribution in [3.8, 4) is 11.5 Å². The highest BCUT2D eigenvalue weighted by Gasteiger charge is 2.20. The normalized spacial score (nSPS) is 11.7. The molecule has 0 aliphatic heterocycles. The van der Waals surface area contributed by atoms with Crippen molar-refractivity contribution < 1.29 is 14.3 Å². The minimum absolute atomic E-state index is 0.179. The molecule has 0 heterocycles. The second-order valence-corrected chi connectivity index (χ2v) is 5.98. The molecule has 2 rings (SSSR count). The SMILES string of the molecule is CCC(Oc1ccc(C)cc1C)C(=O)Nc1cc(C)ccc1OC. The van der Waals surface area contributed by atoms with E-state index in [1.165, 1.54) is 5.56 Å². The molecule has 0 saturated carbocycles. The first-order valence-corrected chi connectivity index (χ1v) is 8.14. The molecule has 24 heavy (non-hydrogen) atoms. The predicted octanol–water partition coefficient (Wildman–Crippen LogP) is 4.42. The quantitative estimate of drug-likeness (QED) is 0.854. The Hall–Kier alpha value is -2.49. The number of hydrogen-bond acceptors (Lipinski definition) is 3. The highest BCUT2D eigenvalue weighted by molar-refractivity contribution is 5.95. The van der Waals surface area contributed by atoms with Gasteiger partial charge in [-0.25, -0.2) is 0 Å². The molecule has 0 aromatic heterocycles. The van der Waals surface area contributed by atoms with Gasteiger partial charge in [-0.15, -0.1) is 0 Å². The number of benzene rings is 2. The molecule has 0 radical (unpaired) electrons. The summed E-state index contributed by atoms with van der Waals surface area (Å²) < 4.78 is 11.2. The van der Waals surface area contributed by atoms with Crippen LogP contribution in [0.4, 0.5) is 5.69 Å². The number of aryl methyl sites for hydroxylation is 3. The number of rotatable bonds is 6. The average Bonchev–Trinajstić information content (AvgIpc) is 2.54. The van der Waals surface area contributed by atoms with Crippen molar-refractivity contribution in [2.75, 3.05) is 12.4 Å². The van der Waals surface area contributed by atoms with Crippen molar-refractivity contribution >= 4 is 11.6 Å². The second kappa shape index (κ2) is 7.86. The molecule has 0 spiro atoms. The number of hydrogen-bond donors (Lipinski definition) is 1. The number of methoxy groups -OCH3 is 1. The van der Waals surface area contributed by atoms with Gasteiger partial charge in [0.05, 0.1) is 12.8 Å². The third-order valence-corrected chi connectivity index (χ3v) is 3.88. The summed E-state index contributed by atoms with van der Waals surface area (Å²) in [7, 11) is 1.59. The van der Waals surface area contributed by atoms with Gasteiger partial charge >= 0.3 is 0 Å². The minimum Gasteiger partial charge on any atom is -0.495 e. The van der Waals surface area contributed by atoms with Crippen molar-refractivity contribution in [1.29, 1.82) is 0 Å². The molecule has 0 saturated heterocycles. The lowest BCUT2D eigenvalue weighted by Gasteiger charge is -2.20. The summed E-state index contributed by atoms with van der Waals surface area (Å²) in [6.07, 6.45) is 0.0180. The lowest BCUT2D eigenvalue weighted by molar-refractivity contribution is -0.122. The standard InChI is InChI=1S/C20H25NO3/c1-6-17(24-18-9-7-13(2)11-15(18)4)20(22)21-16-12-14(3)8-10-19(16)23-5/h7-12,17H,6H2,1-5H3,(H,21,22). The maximum absolute atomic E-state index is 12.6. The molecule has 1 N–H and O–H groups in total. The van der Waals surface area contributed by atoms with Crippen molar-refractivity contribution in [3.05, 3.63) is 53.1 Å². The van der Waals surface area contributed by atoms with Gasteiger partial charge in [0.25, 0.3) is 5.91 Å². The van der Waals surface area contributed by atoms with Crippen LogP contribution in [0, 0.1) is 20.8 Å². The van der Waals surface area contributed by atoms with Gasteiger partial charge < -0.3 is 14.8 Å². The Balaban J connectivity index is 2.16. The van der Waals surface area contributed by atoms with Gasteiger partial charge in [-0.1, -0.05) is 30.7 Å². The fourth-order valence-electron chi connectivity index (χ4n) is 2.54. The molecule has 1 amide bonds. The van der Waals surface area contributed by atoms with Crippen LogP contribution in [0.3, 0.4) is 0 Å². The highest BCUT2D eigenvalue weighted by atomic mass is 16.5. The first-order valence-electron chi connectivity index (χ1n) is 8.14. The van der Waals surface area contributed by atoms with Crippen molar-refractivity contribution in [2.24, 2.45) is 0 Å². The summed E-state index contributed by atoms with van der Waals surface area (Å²) in [4.78, 5) is 12.6. The monoisotopic (exact) mass is 327 g/mol. The molecule has 4 nitrogen and oxygen atoms in total. The van der Waals surface area contributed by atoms with Crippen molar-refractivity contribution in [1.82, 2.24) is 0 Å². The van der Waals surface area contributed by atoms with Crippen LogP contribution in [0.1, 0.15) is 30.0 Å². The highest BCUT2D eigenvalue weighted by Crippen LogP contribution is 2.26. The maximum Gasteiger partial charge on any atom is 0.265 e. The molecule has 4 heteroatoms. The van der Waals surface area contributed by atoms with E-state index in [2.05, 4.69) is 5.32 Å². The Kier molecular flexibility index (Phi) is 5.85. The van der Waals surface area contributed by atoms with Crippen LogP contribution in [0.2, 0.25) is 0 Å². The van der Waals surface area contributed by atoms with E-state index in [0.717, 1.165) is 16.9 Å². The molecule has 1 atom stereocenters. The topological polar surface area (TPSA) is 47.6 Å². The first kappa shape index (κ1) is 17.9. The van der Waals surface area contributed by atoms with Gasteiger partial charge in [-0.05, 0) is 56.5 Å². The molecule has 1 unspecified atom stereocenters. The molecular weight excluding hydrogens is 302 g/mol. The number of nitrogens with one attached hydrogen (secondary N) is 1. The zero-order chi connectivity index (χ0) is 17.7. The first-order chi connectivity index (χ1) is 11.4. The third-order valence-electron chi connectivity index (χ3n) is 3.88. The molecule has 128 valence electrons. The van der Waals surface area contributed by atoms with Crippen molar-refractivity contribution in [3.63, 3.8) is 0 Å². The van der Waals surface area contributed by atoms with E-state index < -0.39 is 6.10 Å². The molecule has 2 aromatic carbocycles. The van der Waals surface area contributed by atoms with Gasteiger partial charge in [0.15, 0.2) is 6.10 Å². The minimum atomic E-state index is -0.559. The van der Waals surface area contributed by atoms with Gasteiger partial charge in [0.2, 0.25) is 0 Å². The van der Waals surface area contributed by atoms with Crippen molar-refractivity contribution in [2.45, 2.75) is 40.2 Å². The van der Waals surface area contributed by atoms with Crippen LogP contribution in [0.5, 0.6) is 11.5 Å². The van der Waals surface area contributed by atoms with E-state index in [-0.39, 0.29) is 5.91 Å². The summed E-state index contributed by atoms with van der Waals surface area (Å²) in [5.41, 5.74) is 3.90. The fraction of sp³-hybridized carbons (Fsp3) is 0.350. The Bertz CT molecular complexity index is 725. The smallest absolute Gasteiger partial charge is 0.265 e. The van der Waals surface area contributed by atoms with Crippen LogP contribution in [-0.4, -0.2) is 19.1 Å². The average molecular weight is 327 g/mol. The Morgan fingerprint density at radius 3 is 2.25 bits per heavy atom. The molecule has 0 fully saturated rings. The summed E-state index contributed by atoms with van der Waals surface area (Å²) >= 11 is 0. The summed E-state index contributed by atoms with van der Waals surface area (Å²) in [5.74, 6) is 1.19. The second-order valence-electron chi connectivity index (χ2n) is 5.98. The van der Waals surface area contributed by atoms with Crippen LogP contribution in [0.25, 0.3) is 0 Å². The third kappa shape index (κ3) is 4.28. The zero-order valence-electron chi connectivity index (χ0n) is 15.0. The fourth-order valence-corrected chi connectivity index (χ4v) is 2.54. The van der Waals surface area contributed by atoms with Gasteiger partial charge in [0.1, 0.15) is 11.5 Å². The van der Waals surface area contributed by atoms with Gasteiger partial charge in [0, 0.05) is 0 Å². The van der Waals surface area contributed by atoms with E-state index in [1.54, 1.807) is 7.11 Å².